The maximum atomic E-state index is 15.2. The molecule has 0 aliphatic carbocycles. The number of methoxy groups -OCH3 is 1. The van der Waals surface area contributed by atoms with E-state index in [1.807, 2.05) is 18.2 Å². The molecule has 13 heteroatoms. The molecule has 1 amide bonds. The van der Waals surface area contributed by atoms with Gasteiger partial charge in [-0.1, -0.05) is 35.9 Å². The molecule has 2 heterocycles. The van der Waals surface area contributed by atoms with Crippen LogP contribution >= 0.6 is 11.6 Å². The van der Waals surface area contributed by atoms with Gasteiger partial charge in [-0.2, -0.15) is 0 Å². The summed E-state index contributed by atoms with van der Waals surface area (Å²) >= 11 is 6.24. The first kappa shape index (κ1) is 32.0. The van der Waals surface area contributed by atoms with Crippen LogP contribution in [0.15, 0.2) is 64.2 Å². The fraction of sp³-hybridized carbons (Fsp3) is 0.344. The molecule has 1 aliphatic heterocycles. The molecule has 238 valence electrons. The fourth-order valence-electron chi connectivity index (χ4n) is 5.38. The number of nitrogens with zero attached hydrogens (tertiary/aromatic N) is 3. The average Bonchev–Trinajstić information content (AvgIpc) is 3.06. The van der Waals surface area contributed by atoms with Crippen molar-refractivity contribution in [2.45, 2.75) is 38.1 Å². The molecule has 0 unspecified atom stereocenters. The second-order valence-corrected chi connectivity index (χ2v) is 11.0. The highest BCUT2D eigenvalue weighted by molar-refractivity contribution is 6.31. The fourth-order valence-corrected chi connectivity index (χ4v) is 5.57. The van der Waals surface area contributed by atoms with Crippen LogP contribution < -0.4 is 25.5 Å². The zero-order valence-corrected chi connectivity index (χ0v) is 25.1. The molecule has 9 nitrogen and oxygen atoms in total. The zero-order chi connectivity index (χ0) is 32.1. The number of piperidine rings is 1. The SMILES string of the molecule is COc1cc(Cn2c(=O)c3cc(OC(CF)CF)c(F)cc3n(C3CCN(C=O)CC3)c2=O)ccc1OCc1ccccc1Cl. The van der Waals surface area contributed by atoms with Crippen molar-refractivity contribution in [3.8, 4) is 17.2 Å². The third-order valence-corrected chi connectivity index (χ3v) is 8.15. The third kappa shape index (κ3) is 6.80. The quantitative estimate of drug-likeness (QED) is 0.200. The van der Waals surface area contributed by atoms with E-state index in [-0.39, 0.29) is 24.1 Å². The van der Waals surface area contributed by atoms with Gasteiger partial charge in [0.25, 0.3) is 5.56 Å². The van der Waals surface area contributed by atoms with E-state index in [0.717, 1.165) is 28.7 Å². The van der Waals surface area contributed by atoms with Crippen molar-refractivity contribution in [1.29, 1.82) is 0 Å². The number of amides is 1. The van der Waals surface area contributed by atoms with Gasteiger partial charge in [0.15, 0.2) is 29.2 Å². The van der Waals surface area contributed by atoms with Gasteiger partial charge in [0.05, 0.1) is 24.6 Å². The van der Waals surface area contributed by atoms with Gasteiger partial charge in [0, 0.05) is 35.8 Å². The van der Waals surface area contributed by atoms with E-state index in [0.29, 0.717) is 48.0 Å². The summed E-state index contributed by atoms with van der Waals surface area (Å²) in [5.41, 5.74) is -0.0818. The largest absolute Gasteiger partial charge is 0.493 e. The van der Waals surface area contributed by atoms with Gasteiger partial charge >= 0.3 is 5.69 Å². The number of alkyl halides is 2. The Bertz CT molecular complexity index is 1800. The van der Waals surface area contributed by atoms with Gasteiger partial charge in [0.2, 0.25) is 6.41 Å². The zero-order valence-electron chi connectivity index (χ0n) is 24.4. The van der Waals surface area contributed by atoms with Crippen LogP contribution in [0.1, 0.15) is 30.0 Å². The van der Waals surface area contributed by atoms with Crippen molar-refractivity contribution in [2.24, 2.45) is 0 Å². The van der Waals surface area contributed by atoms with Crippen molar-refractivity contribution in [2.75, 3.05) is 33.5 Å². The molecule has 0 saturated carbocycles. The Hall–Kier alpha value is -4.45. The van der Waals surface area contributed by atoms with E-state index in [9.17, 15) is 23.2 Å². The summed E-state index contributed by atoms with van der Waals surface area (Å²) in [5.74, 6) is -0.702. The predicted molar refractivity (Wildman–Crippen MR) is 163 cm³/mol. The van der Waals surface area contributed by atoms with E-state index in [1.165, 1.54) is 11.7 Å². The van der Waals surface area contributed by atoms with Gasteiger partial charge in [0.1, 0.15) is 20.0 Å². The molecule has 1 saturated heterocycles. The summed E-state index contributed by atoms with van der Waals surface area (Å²) in [7, 11) is 1.46. The molecule has 0 radical (unpaired) electrons. The first-order valence-electron chi connectivity index (χ1n) is 14.3. The molecule has 5 rings (SSSR count). The summed E-state index contributed by atoms with van der Waals surface area (Å²) in [5, 5.41) is 0.488. The van der Waals surface area contributed by atoms with Gasteiger partial charge in [-0.25, -0.2) is 18.0 Å². The number of hydrogen-bond donors (Lipinski definition) is 0. The standard InChI is InChI=1S/C32H31ClF3N3O6/c1-43-30-12-20(6-7-28(30)44-18-21-4-2-3-5-25(21)33)17-38-31(41)24-13-29(45-23(15-34)16-35)26(36)14-27(24)39(32(38)42)22-8-10-37(19-40)11-9-22/h2-7,12-14,19,22-23H,8-11,15-18H2,1H3. The Morgan fingerprint density at radius 1 is 1.00 bits per heavy atom. The number of likely N-dealkylation sites (tertiary alicyclic amines) is 1. The summed E-state index contributed by atoms with van der Waals surface area (Å²) in [6.07, 6.45) is -0.0436. The summed E-state index contributed by atoms with van der Waals surface area (Å²) in [6.45, 7) is -1.66. The molecule has 1 aromatic heterocycles. The van der Waals surface area contributed by atoms with Crippen LogP contribution in [-0.4, -0.2) is 60.1 Å². The average molecular weight is 646 g/mol. The minimum absolute atomic E-state index is 0.0219. The van der Waals surface area contributed by atoms with Gasteiger partial charge in [-0.05, 0) is 42.7 Å². The smallest absolute Gasteiger partial charge is 0.332 e. The lowest BCUT2D eigenvalue weighted by Crippen LogP contribution is -2.44. The number of aromatic nitrogens is 2. The topological polar surface area (TPSA) is 92.0 Å². The Labute approximate surface area is 261 Å². The van der Waals surface area contributed by atoms with Crippen molar-refractivity contribution >= 4 is 28.9 Å². The van der Waals surface area contributed by atoms with E-state index < -0.39 is 48.3 Å². The van der Waals surface area contributed by atoms with Crippen LogP contribution in [0.25, 0.3) is 10.9 Å². The van der Waals surface area contributed by atoms with Crippen molar-refractivity contribution in [1.82, 2.24) is 14.0 Å². The van der Waals surface area contributed by atoms with E-state index in [4.69, 9.17) is 25.8 Å². The van der Waals surface area contributed by atoms with Crippen molar-refractivity contribution in [3.63, 3.8) is 0 Å². The molecule has 4 aromatic rings. The van der Waals surface area contributed by atoms with Gasteiger partial charge in [-0.3, -0.25) is 18.7 Å². The second kappa shape index (κ2) is 14.1. The minimum atomic E-state index is -1.55. The molecule has 1 fully saturated rings. The van der Waals surface area contributed by atoms with Crippen molar-refractivity contribution < 1.29 is 32.2 Å². The maximum absolute atomic E-state index is 15.2. The molecule has 0 spiro atoms. The van der Waals surface area contributed by atoms with Crippen LogP contribution in [0.3, 0.4) is 0 Å². The number of benzene rings is 3. The molecular formula is C32H31ClF3N3O6. The highest BCUT2D eigenvalue weighted by atomic mass is 35.5. The Morgan fingerprint density at radius 3 is 2.40 bits per heavy atom. The number of hydrogen-bond acceptors (Lipinski definition) is 6. The lowest BCUT2D eigenvalue weighted by atomic mass is 10.0. The first-order chi connectivity index (χ1) is 21.8. The molecule has 1 aliphatic rings. The van der Waals surface area contributed by atoms with Gasteiger partial charge in [-0.15, -0.1) is 0 Å². The second-order valence-electron chi connectivity index (χ2n) is 10.6. The number of halogens is 4. The number of ether oxygens (including phenoxy) is 3. The normalized spacial score (nSPS) is 13.8. The van der Waals surface area contributed by atoms with Crippen LogP contribution in [0, 0.1) is 5.82 Å². The Morgan fingerprint density at radius 2 is 1.73 bits per heavy atom. The third-order valence-electron chi connectivity index (χ3n) is 7.78. The monoisotopic (exact) mass is 645 g/mol. The molecule has 0 bridgehead atoms. The Kier molecular flexibility index (Phi) is 10.0. The van der Waals surface area contributed by atoms with E-state index >= 15 is 4.39 Å². The lowest BCUT2D eigenvalue weighted by molar-refractivity contribution is -0.119. The minimum Gasteiger partial charge on any atom is -0.493 e. The van der Waals surface area contributed by atoms with Crippen molar-refractivity contribution in [3.05, 3.63) is 97.4 Å². The molecule has 3 aromatic carbocycles. The van der Waals surface area contributed by atoms with E-state index in [2.05, 4.69) is 0 Å². The number of carbonyl (C=O) groups excluding carboxylic acids is 1. The van der Waals surface area contributed by atoms with Crippen LogP contribution in [-0.2, 0) is 17.9 Å². The number of carbonyl (C=O) groups is 1. The number of fused-ring (bicyclic) bond motifs is 1. The summed E-state index contributed by atoms with van der Waals surface area (Å²) < 4.78 is 60.5. The highest BCUT2D eigenvalue weighted by Crippen LogP contribution is 2.31. The molecular weight excluding hydrogens is 615 g/mol. The van der Waals surface area contributed by atoms with Crippen LogP contribution in [0.5, 0.6) is 17.2 Å². The molecule has 0 atom stereocenters. The van der Waals surface area contributed by atoms with E-state index in [1.54, 1.807) is 29.2 Å². The first-order valence-corrected chi connectivity index (χ1v) is 14.6. The molecule has 45 heavy (non-hydrogen) atoms. The van der Waals surface area contributed by atoms with Crippen LogP contribution in [0.4, 0.5) is 13.2 Å². The summed E-state index contributed by atoms with van der Waals surface area (Å²) in [4.78, 5) is 40.6. The number of rotatable bonds is 12. The Balaban J connectivity index is 1.55. The molecule has 0 N–H and O–H groups in total. The lowest BCUT2D eigenvalue weighted by Gasteiger charge is -2.31. The maximum Gasteiger partial charge on any atom is 0.332 e. The van der Waals surface area contributed by atoms with Gasteiger partial charge < -0.3 is 19.1 Å². The summed E-state index contributed by atoms with van der Waals surface area (Å²) in [6, 6.07) is 13.8. The van der Waals surface area contributed by atoms with Crippen LogP contribution in [0.2, 0.25) is 5.02 Å². The highest BCUT2D eigenvalue weighted by Gasteiger charge is 2.26. The predicted octanol–water partition coefficient (Wildman–Crippen LogP) is 5.07.